The number of hydrogen-bond acceptors (Lipinski definition) is 4. The van der Waals surface area contributed by atoms with Crippen molar-refractivity contribution in [3.05, 3.63) is 47.3 Å². The lowest BCUT2D eigenvalue weighted by molar-refractivity contribution is 0.131. The molecule has 2 fully saturated rings. The van der Waals surface area contributed by atoms with Crippen LogP contribution in [0.1, 0.15) is 29.8 Å². The van der Waals surface area contributed by atoms with Gasteiger partial charge in [-0.25, -0.2) is 0 Å². The predicted octanol–water partition coefficient (Wildman–Crippen LogP) is 2.53. The van der Waals surface area contributed by atoms with Crippen molar-refractivity contribution in [3.63, 3.8) is 0 Å². The zero-order chi connectivity index (χ0) is 18.1. The molecule has 2 aliphatic heterocycles. The summed E-state index contributed by atoms with van der Waals surface area (Å²) in [6, 6.07) is 11.5. The Morgan fingerprint density at radius 2 is 1.85 bits per heavy atom. The molecule has 26 heavy (non-hydrogen) atoms. The summed E-state index contributed by atoms with van der Waals surface area (Å²) < 4.78 is 0. The Morgan fingerprint density at radius 3 is 2.50 bits per heavy atom. The second-order valence-electron chi connectivity index (χ2n) is 8.08. The van der Waals surface area contributed by atoms with Gasteiger partial charge in [0.1, 0.15) is 0 Å². The second-order valence-corrected chi connectivity index (χ2v) is 8.08. The average molecular weight is 354 g/mol. The van der Waals surface area contributed by atoms with Crippen LogP contribution in [0.25, 0.3) is 0 Å². The molecular formula is C21H30N4O. The lowest BCUT2D eigenvalue weighted by Crippen LogP contribution is -2.44. The molecule has 0 aliphatic carbocycles. The fourth-order valence-corrected chi connectivity index (χ4v) is 4.48. The Bertz CT molecular complexity index is 718. The highest BCUT2D eigenvalue weighted by molar-refractivity contribution is 5.47. The van der Waals surface area contributed by atoms with Crippen molar-refractivity contribution in [1.29, 1.82) is 0 Å². The minimum atomic E-state index is -0.234. The standard InChI is InChI=1S/C21H30N4O/c1-15-3-5-19(6-4-15)24-9-7-20(8-10-24)25-13-17(21(26)14-25)12-18-11-16(2)22-23-18/h3-6,11,17,20-21,26H,7-10,12-14H2,1-2H3,(H,22,23)/t17-,21-/m1/s1. The molecular weight excluding hydrogens is 324 g/mol. The van der Waals surface area contributed by atoms with Gasteiger partial charge in [-0.3, -0.25) is 10.00 Å². The van der Waals surface area contributed by atoms with Crippen molar-refractivity contribution in [3.8, 4) is 0 Å². The second kappa shape index (κ2) is 7.41. The van der Waals surface area contributed by atoms with E-state index in [0.717, 1.165) is 44.0 Å². The van der Waals surface area contributed by atoms with Gasteiger partial charge in [-0.15, -0.1) is 0 Å². The third kappa shape index (κ3) is 3.79. The van der Waals surface area contributed by atoms with Crippen molar-refractivity contribution >= 4 is 5.69 Å². The number of β-amino-alcohol motifs (C(OH)–C–C–N with tert-alkyl or cyclic N) is 1. The maximum absolute atomic E-state index is 10.5. The summed E-state index contributed by atoms with van der Waals surface area (Å²) in [4.78, 5) is 5.01. The van der Waals surface area contributed by atoms with Crippen molar-refractivity contribution < 1.29 is 5.11 Å². The highest BCUT2D eigenvalue weighted by Gasteiger charge is 2.36. The molecule has 2 N–H and O–H groups in total. The monoisotopic (exact) mass is 354 g/mol. The zero-order valence-electron chi connectivity index (χ0n) is 15.9. The van der Waals surface area contributed by atoms with Crippen molar-refractivity contribution in [1.82, 2.24) is 15.1 Å². The molecule has 3 heterocycles. The predicted molar refractivity (Wildman–Crippen MR) is 105 cm³/mol. The topological polar surface area (TPSA) is 55.4 Å². The zero-order valence-corrected chi connectivity index (χ0v) is 15.9. The van der Waals surface area contributed by atoms with E-state index in [1.807, 2.05) is 6.92 Å². The van der Waals surface area contributed by atoms with Crippen molar-refractivity contribution in [2.45, 2.75) is 45.3 Å². The van der Waals surface area contributed by atoms with Crippen LogP contribution in [-0.4, -0.2) is 58.5 Å². The first-order valence-electron chi connectivity index (χ1n) is 9.83. The largest absolute Gasteiger partial charge is 0.391 e. The lowest BCUT2D eigenvalue weighted by Gasteiger charge is -2.38. The Hall–Kier alpha value is -1.85. The third-order valence-corrected chi connectivity index (χ3v) is 6.05. The van der Waals surface area contributed by atoms with Crippen LogP contribution in [0.4, 0.5) is 5.69 Å². The van der Waals surface area contributed by atoms with Crippen LogP contribution in [0.2, 0.25) is 0 Å². The molecule has 5 nitrogen and oxygen atoms in total. The summed E-state index contributed by atoms with van der Waals surface area (Å²) in [6.45, 7) is 8.16. The number of aliphatic hydroxyl groups excluding tert-OH is 1. The number of aromatic nitrogens is 2. The fraction of sp³-hybridized carbons (Fsp3) is 0.571. The van der Waals surface area contributed by atoms with Crippen LogP contribution >= 0.6 is 0 Å². The van der Waals surface area contributed by atoms with Gasteiger partial charge in [0.2, 0.25) is 0 Å². The molecule has 5 heteroatoms. The Kier molecular flexibility index (Phi) is 5.00. The van der Waals surface area contributed by atoms with Gasteiger partial charge in [0.15, 0.2) is 0 Å². The minimum Gasteiger partial charge on any atom is -0.391 e. The Labute approximate surface area is 156 Å². The molecule has 0 saturated carbocycles. The number of aryl methyl sites for hydroxylation is 2. The number of hydrogen-bond donors (Lipinski definition) is 2. The molecule has 2 aromatic rings. The molecule has 140 valence electrons. The van der Waals surface area contributed by atoms with Gasteiger partial charge < -0.3 is 10.0 Å². The van der Waals surface area contributed by atoms with Gasteiger partial charge in [-0.05, 0) is 51.3 Å². The first-order chi connectivity index (χ1) is 12.6. The highest BCUT2D eigenvalue weighted by Crippen LogP contribution is 2.28. The number of anilines is 1. The normalized spacial score (nSPS) is 25.1. The number of likely N-dealkylation sites (tertiary alicyclic amines) is 1. The summed E-state index contributed by atoms with van der Waals surface area (Å²) in [7, 11) is 0. The molecule has 1 aromatic carbocycles. The van der Waals surface area contributed by atoms with Crippen LogP contribution in [0.15, 0.2) is 30.3 Å². The highest BCUT2D eigenvalue weighted by atomic mass is 16.3. The van der Waals surface area contributed by atoms with E-state index in [2.05, 4.69) is 57.3 Å². The quantitative estimate of drug-likeness (QED) is 0.886. The van der Waals surface area contributed by atoms with Crippen LogP contribution in [-0.2, 0) is 6.42 Å². The van der Waals surface area contributed by atoms with Gasteiger partial charge in [-0.2, -0.15) is 5.10 Å². The van der Waals surface area contributed by atoms with Gasteiger partial charge in [0, 0.05) is 49.5 Å². The van der Waals surface area contributed by atoms with Crippen molar-refractivity contribution in [2.24, 2.45) is 5.92 Å². The molecule has 2 aliphatic rings. The van der Waals surface area contributed by atoms with E-state index in [9.17, 15) is 5.11 Å². The molecule has 1 aromatic heterocycles. The number of nitrogens with one attached hydrogen (secondary N) is 1. The van der Waals surface area contributed by atoms with E-state index in [-0.39, 0.29) is 6.10 Å². The van der Waals surface area contributed by atoms with Gasteiger partial charge >= 0.3 is 0 Å². The lowest BCUT2D eigenvalue weighted by atomic mass is 9.99. The molecule has 2 atom stereocenters. The van der Waals surface area contributed by atoms with Gasteiger partial charge in [-0.1, -0.05) is 17.7 Å². The summed E-state index contributed by atoms with van der Waals surface area (Å²) in [6.07, 6.45) is 2.98. The molecule has 0 unspecified atom stereocenters. The van der Waals surface area contributed by atoms with E-state index >= 15 is 0 Å². The Balaban J connectivity index is 1.31. The van der Waals surface area contributed by atoms with E-state index in [1.54, 1.807) is 0 Å². The van der Waals surface area contributed by atoms with E-state index in [4.69, 9.17) is 0 Å². The van der Waals surface area contributed by atoms with E-state index in [1.165, 1.54) is 24.1 Å². The number of nitrogens with zero attached hydrogens (tertiary/aromatic N) is 3. The van der Waals surface area contributed by atoms with Crippen LogP contribution < -0.4 is 4.90 Å². The van der Waals surface area contributed by atoms with Crippen LogP contribution in [0.3, 0.4) is 0 Å². The minimum absolute atomic E-state index is 0.234. The SMILES string of the molecule is Cc1ccc(N2CCC(N3C[C@@H](Cc4cc(C)[nH]n4)[C@H](O)C3)CC2)cc1. The van der Waals surface area contributed by atoms with Crippen LogP contribution in [0, 0.1) is 19.8 Å². The Morgan fingerprint density at radius 1 is 1.12 bits per heavy atom. The maximum atomic E-state index is 10.5. The number of H-pyrrole nitrogens is 1. The number of piperidine rings is 1. The first-order valence-corrected chi connectivity index (χ1v) is 9.83. The number of aliphatic hydroxyl groups is 1. The molecule has 4 rings (SSSR count). The summed E-state index contributed by atoms with van der Waals surface area (Å²) in [5.41, 5.74) is 4.81. The summed E-state index contributed by atoms with van der Waals surface area (Å²) in [5.74, 6) is 0.299. The van der Waals surface area contributed by atoms with Crippen molar-refractivity contribution in [2.75, 3.05) is 31.1 Å². The van der Waals surface area contributed by atoms with Gasteiger partial charge in [0.25, 0.3) is 0 Å². The average Bonchev–Trinajstić information content (AvgIpc) is 3.22. The fourth-order valence-electron chi connectivity index (χ4n) is 4.48. The van der Waals surface area contributed by atoms with E-state index < -0.39 is 0 Å². The molecule has 0 bridgehead atoms. The molecule has 0 spiro atoms. The maximum Gasteiger partial charge on any atom is 0.0711 e. The van der Waals surface area contributed by atoms with Gasteiger partial charge in [0.05, 0.1) is 11.8 Å². The molecule has 2 saturated heterocycles. The summed E-state index contributed by atoms with van der Waals surface area (Å²) >= 11 is 0. The number of benzene rings is 1. The summed E-state index contributed by atoms with van der Waals surface area (Å²) in [5, 5.41) is 17.9. The van der Waals surface area contributed by atoms with Crippen LogP contribution in [0.5, 0.6) is 0 Å². The molecule has 0 amide bonds. The first kappa shape index (κ1) is 17.6. The number of aromatic amines is 1. The smallest absolute Gasteiger partial charge is 0.0711 e. The third-order valence-electron chi connectivity index (χ3n) is 6.05. The number of rotatable bonds is 4. The molecule has 0 radical (unpaired) electrons. The van der Waals surface area contributed by atoms with E-state index in [0.29, 0.717) is 12.0 Å².